The third-order valence-electron chi connectivity index (χ3n) is 4.41. The molecule has 1 N–H and O–H groups in total. The number of aryl methyl sites for hydroxylation is 2. The fourth-order valence-electron chi connectivity index (χ4n) is 3.19. The van der Waals surface area contributed by atoms with Gasteiger partial charge in [-0.2, -0.15) is 0 Å². The van der Waals surface area contributed by atoms with Crippen molar-refractivity contribution in [2.24, 2.45) is 0 Å². The Hall–Kier alpha value is -1.80. The summed E-state index contributed by atoms with van der Waals surface area (Å²) in [6.45, 7) is 5.32. The first-order valence-corrected chi connectivity index (χ1v) is 7.84. The number of fused-ring (bicyclic) bond motifs is 1. The Morgan fingerprint density at radius 2 is 1.90 bits per heavy atom. The topological polar surface area (TPSA) is 15.3 Å². The lowest BCUT2D eigenvalue weighted by molar-refractivity contribution is 0.763. The molecule has 1 aliphatic rings. The molecule has 0 spiro atoms. The third kappa shape index (κ3) is 3.11. The highest BCUT2D eigenvalue weighted by atomic mass is 15.1. The minimum absolute atomic E-state index is 0.939. The Kier molecular flexibility index (Phi) is 4.26. The van der Waals surface area contributed by atoms with Crippen LogP contribution >= 0.6 is 0 Å². The van der Waals surface area contributed by atoms with Crippen LogP contribution in [0.15, 0.2) is 42.5 Å². The molecule has 0 fully saturated rings. The van der Waals surface area contributed by atoms with Crippen molar-refractivity contribution in [1.29, 1.82) is 0 Å². The van der Waals surface area contributed by atoms with Gasteiger partial charge < -0.3 is 10.2 Å². The number of rotatable bonds is 3. The van der Waals surface area contributed by atoms with Crippen LogP contribution in [-0.2, 0) is 19.5 Å². The molecular formula is C19H24N2. The highest BCUT2D eigenvalue weighted by Gasteiger charge is 2.14. The van der Waals surface area contributed by atoms with Gasteiger partial charge >= 0.3 is 0 Å². The highest BCUT2D eigenvalue weighted by molar-refractivity contribution is 5.52. The first kappa shape index (κ1) is 14.2. The van der Waals surface area contributed by atoms with Crippen LogP contribution in [0.5, 0.6) is 0 Å². The Morgan fingerprint density at radius 1 is 1.10 bits per heavy atom. The van der Waals surface area contributed by atoms with E-state index in [2.05, 4.69) is 59.6 Å². The van der Waals surface area contributed by atoms with Gasteiger partial charge in [-0.3, -0.25) is 0 Å². The van der Waals surface area contributed by atoms with Crippen LogP contribution in [-0.4, -0.2) is 13.6 Å². The first-order chi connectivity index (χ1) is 10.3. The lowest BCUT2D eigenvalue weighted by Gasteiger charge is -2.24. The second-order valence-corrected chi connectivity index (χ2v) is 5.93. The average molecular weight is 280 g/mol. The van der Waals surface area contributed by atoms with Crippen molar-refractivity contribution in [3.63, 3.8) is 0 Å². The van der Waals surface area contributed by atoms with Crippen molar-refractivity contribution in [1.82, 2.24) is 5.32 Å². The van der Waals surface area contributed by atoms with Crippen molar-refractivity contribution in [3.8, 4) is 0 Å². The number of anilines is 1. The molecule has 0 amide bonds. The minimum Gasteiger partial charge on any atom is -0.367 e. The van der Waals surface area contributed by atoms with Gasteiger partial charge in [0.05, 0.1) is 0 Å². The molecule has 110 valence electrons. The number of hydrogen-bond donors (Lipinski definition) is 1. The van der Waals surface area contributed by atoms with E-state index in [1.54, 1.807) is 0 Å². The van der Waals surface area contributed by atoms with E-state index in [0.29, 0.717) is 0 Å². The smallest absolute Gasteiger partial charge is 0.0432 e. The predicted octanol–water partition coefficient (Wildman–Crippen LogP) is 3.67. The lowest BCUT2D eigenvalue weighted by Crippen LogP contribution is -2.22. The maximum Gasteiger partial charge on any atom is 0.0432 e. The molecule has 21 heavy (non-hydrogen) atoms. The van der Waals surface area contributed by atoms with Gasteiger partial charge in [0.2, 0.25) is 0 Å². The van der Waals surface area contributed by atoms with Gasteiger partial charge in [0.1, 0.15) is 0 Å². The number of hydrogen-bond acceptors (Lipinski definition) is 2. The summed E-state index contributed by atoms with van der Waals surface area (Å²) in [4.78, 5) is 2.52. The fourth-order valence-corrected chi connectivity index (χ4v) is 3.19. The molecule has 0 unspecified atom stereocenters. The van der Waals surface area contributed by atoms with E-state index in [9.17, 15) is 0 Å². The highest BCUT2D eigenvalue weighted by Crippen LogP contribution is 2.25. The largest absolute Gasteiger partial charge is 0.367 e. The van der Waals surface area contributed by atoms with E-state index in [1.165, 1.54) is 40.8 Å². The molecule has 3 rings (SSSR count). The fraction of sp³-hybridized carbons (Fsp3) is 0.368. The van der Waals surface area contributed by atoms with Crippen molar-refractivity contribution < 1.29 is 0 Å². The molecule has 2 aromatic rings. The minimum atomic E-state index is 0.939. The van der Waals surface area contributed by atoms with Gasteiger partial charge in [-0.15, -0.1) is 0 Å². The molecule has 0 bridgehead atoms. The molecule has 0 aromatic heterocycles. The monoisotopic (exact) mass is 280 g/mol. The third-order valence-corrected chi connectivity index (χ3v) is 4.41. The van der Waals surface area contributed by atoms with Crippen LogP contribution in [0.4, 0.5) is 5.69 Å². The van der Waals surface area contributed by atoms with Gasteiger partial charge in [-0.25, -0.2) is 0 Å². The van der Waals surface area contributed by atoms with Crippen LogP contribution in [0, 0.1) is 6.92 Å². The zero-order valence-corrected chi connectivity index (χ0v) is 13.0. The second kappa shape index (κ2) is 6.31. The Balaban J connectivity index is 1.85. The molecule has 0 saturated carbocycles. The van der Waals surface area contributed by atoms with E-state index in [4.69, 9.17) is 0 Å². The van der Waals surface area contributed by atoms with Gasteiger partial charge in [-0.05, 0) is 61.2 Å². The lowest BCUT2D eigenvalue weighted by atomic mass is 10.0. The van der Waals surface area contributed by atoms with Crippen molar-refractivity contribution in [2.45, 2.75) is 32.9 Å². The van der Waals surface area contributed by atoms with Crippen molar-refractivity contribution in [3.05, 3.63) is 64.7 Å². The summed E-state index contributed by atoms with van der Waals surface area (Å²) >= 11 is 0. The van der Waals surface area contributed by atoms with Crippen molar-refractivity contribution >= 4 is 5.69 Å². The van der Waals surface area contributed by atoms with Gasteiger partial charge in [-0.1, -0.05) is 30.3 Å². The Bertz CT molecular complexity index is 619. The van der Waals surface area contributed by atoms with Crippen LogP contribution < -0.4 is 10.2 Å². The van der Waals surface area contributed by atoms with Gasteiger partial charge in [0.25, 0.3) is 0 Å². The summed E-state index contributed by atoms with van der Waals surface area (Å²) in [6, 6.07) is 15.7. The quantitative estimate of drug-likeness (QED) is 0.923. The van der Waals surface area contributed by atoms with E-state index in [-0.39, 0.29) is 0 Å². The van der Waals surface area contributed by atoms with Gasteiger partial charge in [0, 0.05) is 25.3 Å². The normalized spacial score (nSPS) is 14.7. The molecule has 2 nitrogen and oxygen atoms in total. The molecule has 1 heterocycles. The second-order valence-electron chi connectivity index (χ2n) is 5.93. The molecule has 0 saturated heterocycles. The molecule has 0 atom stereocenters. The Morgan fingerprint density at radius 3 is 2.67 bits per heavy atom. The van der Waals surface area contributed by atoms with Crippen LogP contribution in [0.25, 0.3) is 0 Å². The predicted molar refractivity (Wildman–Crippen MR) is 89.8 cm³/mol. The molecule has 2 heteroatoms. The van der Waals surface area contributed by atoms with Crippen LogP contribution in [0.3, 0.4) is 0 Å². The standard InChI is InChI=1S/C19H24N2/c1-15-12-19(10-9-17(15)13-20-2)21-11-5-8-16-6-3-4-7-18(16)14-21/h3-4,6-7,9-10,12,20H,5,8,11,13-14H2,1-2H3. The SMILES string of the molecule is CNCc1ccc(N2CCCc3ccccc3C2)cc1C. The summed E-state index contributed by atoms with van der Waals surface area (Å²) in [7, 11) is 2.00. The van der Waals surface area contributed by atoms with E-state index in [0.717, 1.165) is 19.6 Å². The van der Waals surface area contributed by atoms with E-state index < -0.39 is 0 Å². The summed E-state index contributed by atoms with van der Waals surface area (Å²) in [5.74, 6) is 0. The number of benzene rings is 2. The van der Waals surface area contributed by atoms with Gasteiger partial charge in [0.15, 0.2) is 0 Å². The first-order valence-electron chi connectivity index (χ1n) is 7.84. The summed E-state index contributed by atoms with van der Waals surface area (Å²) in [5, 5.41) is 3.23. The maximum atomic E-state index is 3.23. The number of nitrogens with zero attached hydrogens (tertiary/aromatic N) is 1. The zero-order valence-electron chi connectivity index (χ0n) is 13.0. The van der Waals surface area contributed by atoms with E-state index >= 15 is 0 Å². The van der Waals surface area contributed by atoms with Crippen molar-refractivity contribution in [2.75, 3.05) is 18.5 Å². The Labute approximate surface area is 127 Å². The molecule has 2 aromatic carbocycles. The maximum absolute atomic E-state index is 3.23. The molecule has 1 aliphatic heterocycles. The zero-order chi connectivity index (χ0) is 14.7. The summed E-state index contributed by atoms with van der Waals surface area (Å²) < 4.78 is 0. The molecule has 0 radical (unpaired) electrons. The molecule has 0 aliphatic carbocycles. The summed E-state index contributed by atoms with van der Waals surface area (Å²) in [5.41, 5.74) is 7.11. The molecular weight excluding hydrogens is 256 g/mol. The number of nitrogens with one attached hydrogen (secondary N) is 1. The van der Waals surface area contributed by atoms with Crippen LogP contribution in [0.2, 0.25) is 0 Å². The summed E-state index contributed by atoms with van der Waals surface area (Å²) in [6.07, 6.45) is 2.43. The van der Waals surface area contributed by atoms with Crippen LogP contribution in [0.1, 0.15) is 28.7 Å². The average Bonchev–Trinajstić information content (AvgIpc) is 2.71. The van der Waals surface area contributed by atoms with E-state index in [1.807, 2.05) is 7.05 Å².